The molecule has 0 saturated carbocycles. The molecule has 17 heavy (non-hydrogen) atoms. The highest BCUT2D eigenvalue weighted by molar-refractivity contribution is 5.16. The molecule has 1 aliphatic heterocycles. The Hall–Kier alpha value is -0.600. The van der Waals surface area contributed by atoms with E-state index in [-0.39, 0.29) is 18.3 Å². The van der Waals surface area contributed by atoms with E-state index in [1.54, 1.807) is 0 Å². The number of hydrogen-bond donors (Lipinski definition) is 1. The molecule has 1 aliphatic carbocycles. The first-order valence-electron chi connectivity index (χ1n) is 6.64. The number of rotatable bonds is 1. The molecule has 0 aromatic rings. The van der Waals surface area contributed by atoms with Crippen LogP contribution in [0.5, 0.6) is 0 Å². The second kappa shape index (κ2) is 4.95. The number of hydrogen-bond acceptors (Lipinski definition) is 2. The van der Waals surface area contributed by atoms with Crippen molar-refractivity contribution in [2.75, 3.05) is 0 Å². The molecular formula is C15H24O2. The summed E-state index contributed by atoms with van der Waals surface area (Å²) >= 11 is 0. The minimum absolute atomic E-state index is 0.197. The van der Waals surface area contributed by atoms with Gasteiger partial charge < -0.3 is 9.84 Å². The van der Waals surface area contributed by atoms with Gasteiger partial charge in [-0.1, -0.05) is 24.6 Å². The number of aliphatic hydroxyl groups is 1. The standard InChI is InChI=1S/C15H24O2/c1-9(2)5-12-6-10(3)13-8-14(16)11(4)7-15(13)17-12/h5,7,10,12-16H,6,8H2,1-4H3/t10-,12+,13-,14-,15+/m1/s1. The van der Waals surface area contributed by atoms with Gasteiger partial charge in [0, 0.05) is 0 Å². The summed E-state index contributed by atoms with van der Waals surface area (Å²) in [5.74, 6) is 1.10. The number of aliphatic hydroxyl groups excluding tert-OH is 1. The van der Waals surface area contributed by atoms with Gasteiger partial charge in [-0.15, -0.1) is 0 Å². The SMILES string of the molecule is CC(C)=C[C@H]1C[C@@H](C)[C@H]2C[C@@H](O)C(C)=C[C@@H]2O1. The van der Waals surface area contributed by atoms with E-state index in [1.807, 2.05) is 6.92 Å². The van der Waals surface area contributed by atoms with Crippen molar-refractivity contribution in [1.29, 1.82) is 0 Å². The largest absolute Gasteiger partial charge is 0.389 e. The van der Waals surface area contributed by atoms with Gasteiger partial charge in [0.15, 0.2) is 0 Å². The van der Waals surface area contributed by atoms with Crippen molar-refractivity contribution in [2.45, 2.75) is 58.8 Å². The number of fused-ring (bicyclic) bond motifs is 1. The Labute approximate surface area is 104 Å². The van der Waals surface area contributed by atoms with Crippen molar-refractivity contribution in [1.82, 2.24) is 0 Å². The predicted molar refractivity (Wildman–Crippen MR) is 69.7 cm³/mol. The van der Waals surface area contributed by atoms with Crippen LogP contribution in [0, 0.1) is 11.8 Å². The highest BCUT2D eigenvalue weighted by Gasteiger charge is 2.38. The molecule has 0 aromatic heterocycles. The van der Waals surface area contributed by atoms with Gasteiger partial charge in [-0.05, 0) is 51.0 Å². The van der Waals surface area contributed by atoms with Gasteiger partial charge in [-0.2, -0.15) is 0 Å². The van der Waals surface area contributed by atoms with Gasteiger partial charge in [0.2, 0.25) is 0 Å². The average molecular weight is 236 g/mol. The van der Waals surface area contributed by atoms with Crippen molar-refractivity contribution in [2.24, 2.45) is 11.8 Å². The third-order valence-electron chi connectivity index (χ3n) is 4.06. The van der Waals surface area contributed by atoms with E-state index in [1.165, 1.54) is 5.57 Å². The van der Waals surface area contributed by atoms with E-state index >= 15 is 0 Å². The molecule has 0 spiro atoms. The lowest BCUT2D eigenvalue weighted by Crippen LogP contribution is -2.43. The maximum absolute atomic E-state index is 9.91. The molecule has 2 nitrogen and oxygen atoms in total. The van der Waals surface area contributed by atoms with Crippen LogP contribution in [0.1, 0.15) is 40.5 Å². The third-order valence-corrected chi connectivity index (χ3v) is 4.06. The molecule has 2 rings (SSSR count). The zero-order chi connectivity index (χ0) is 12.6. The highest BCUT2D eigenvalue weighted by atomic mass is 16.5. The minimum atomic E-state index is -0.262. The summed E-state index contributed by atoms with van der Waals surface area (Å²) in [7, 11) is 0. The molecular weight excluding hydrogens is 212 g/mol. The fourth-order valence-electron chi connectivity index (χ4n) is 3.05. The van der Waals surface area contributed by atoms with Crippen LogP contribution < -0.4 is 0 Å². The molecule has 0 unspecified atom stereocenters. The van der Waals surface area contributed by atoms with Gasteiger partial charge in [-0.25, -0.2) is 0 Å². The topological polar surface area (TPSA) is 29.5 Å². The van der Waals surface area contributed by atoms with E-state index in [9.17, 15) is 5.11 Å². The normalized spacial score (nSPS) is 41.5. The van der Waals surface area contributed by atoms with Crippen molar-refractivity contribution in [3.05, 3.63) is 23.3 Å². The smallest absolute Gasteiger partial charge is 0.0799 e. The average Bonchev–Trinajstić information content (AvgIpc) is 2.20. The van der Waals surface area contributed by atoms with Crippen molar-refractivity contribution in [3.8, 4) is 0 Å². The quantitative estimate of drug-likeness (QED) is 0.709. The fraction of sp³-hybridized carbons (Fsp3) is 0.733. The molecule has 0 aromatic carbocycles. The van der Waals surface area contributed by atoms with Crippen LogP contribution in [0.4, 0.5) is 0 Å². The molecule has 0 radical (unpaired) electrons. The highest BCUT2D eigenvalue weighted by Crippen LogP contribution is 2.39. The molecule has 0 bridgehead atoms. The summed E-state index contributed by atoms with van der Waals surface area (Å²) in [6.45, 7) is 8.52. The number of ether oxygens (including phenoxy) is 1. The lowest BCUT2D eigenvalue weighted by molar-refractivity contribution is -0.0788. The van der Waals surface area contributed by atoms with Gasteiger partial charge in [-0.3, -0.25) is 0 Å². The van der Waals surface area contributed by atoms with Crippen molar-refractivity contribution in [3.63, 3.8) is 0 Å². The van der Waals surface area contributed by atoms with E-state index in [0.29, 0.717) is 11.8 Å². The molecule has 1 saturated heterocycles. The van der Waals surface area contributed by atoms with Crippen LogP contribution in [-0.2, 0) is 4.74 Å². The summed E-state index contributed by atoms with van der Waals surface area (Å²) in [5.41, 5.74) is 2.38. The second-order valence-corrected chi connectivity index (χ2v) is 5.92. The van der Waals surface area contributed by atoms with Crippen LogP contribution in [0.2, 0.25) is 0 Å². The Morgan fingerprint density at radius 1 is 1.41 bits per heavy atom. The molecule has 1 fully saturated rings. The first-order valence-corrected chi connectivity index (χ1v) is 6.64. The molecule has 5 atom stereocenters. The number of allylic oxidation sites excluding steroid dienone is 1. The van der Waals surface area contributed by atoms with Crippen molar-refractivity contribution >= 4 is 0 Å². The summed E-state index contributed by atoms with van der Waals surface area (Å²) in [6.07, 6.45) is 6.46. The van der Waals surface area contributed by atoms with Crippen LogP contribution in [0.15, 0.2) is 23.3 Å². The Kier molecular flexibility index (Phi) is 3.74. The van der Waals surface area contributed by atoms with Crippen LogP contribution in [0.25, 0.3) is 0 Å². The summed E-state index contributed by atoms with van der Waals surface area (Å²) in [6, 6.07) is 0. The second-order valence-electron chi connectivity index (χ2n) is 5.92. The van der Waals surface area contributed by atoms with Gasteiger partial charge in [0.05, 0.1) is 18.3 Å². The molecule has 0 amide bonds. The van der Waals surface area contributed by atoms with E-state index < -0.39 is 0 Å². The van der Waals surface area contributed by atoms with Crippen LogP contribution in [-0.4, -0.2) is 23.4 Å². The summed E-state index contributed by atoms with van der Waals surface area (Å²) < 4.78 is 6.13. The van der Waals surface area contributed by atoms with Crippen molar-refractivity contribution < 1.29 is 9.84 Å². The Morgan fingerprint density at radius 3 is 2.76 bits per heavy atom. The maximum Gasteiger partial charge on any atom is 0.0799 e. The maximum atomic E-state index is 9.91. The van der Waals surface area contributed by atoms with Gasteiger partial charge >= 0.3 is 0 Å². The molecule has 2 aliphatic rings. The zero-order valence-corrected chi connectivity index (χ0v) is 11.3. The van der Waals surface area contributed by atoms with Crippen LogP contribution >= 0.6 is 0 Å². The molecule has 1 heterocycles. The molecule has 96 valence electrons. The minimum Gasteiger partial charge on any atom is -0.389 e. The van der Waals surface area contributed by atoms with E-state index in [2.05, 4.69) is 32.9 Å². The van der Waals surface area contributed by atoms with E-state index in [0.717, 1.165) is 18.4 Å². The summed E-state index contributed by atoms with van der Waals surface area (Å²) in [5, 5.41) is 9.91. The summed E-state index contributed by atoms with van der Waals surface area (Å²) in [4.78, 5) is 0. The Morgan fingerprint density at radius 2 is 2.12 bits per heavy atom. The zero-order valence-electron chi connectivity index (χ0n) is 11.3. The third kappa shape index (κ3) is 2.80. The lowest BCUT2D eigenvalue weighted by atomic mass is 9.74. The lowest BCUT2D eigenvalue weighted by Gasteiger charge is -2.42. The van der Waals surface area contributed by atoms with Gasteiger partial charge in [0.25, 0.3) is 0 Å². The Balaban J connectivity index is 2.15. The first kappa shape index (κ1) is 12.8. The van der Waals surface area contributed by atoms with Gasteiger partial charge in [0.1, 0.15) is 0 Å². The molecule has 2 heteroatoms. The monoisotopic (exact) mass is 236 g/mol. The molecule has 1 N–H and O–H groups in total. The fourth-order valence-corrected chi connectivity index (χ4v) is 3.05. The predicted octanol–water partition coefficient (Wildman–Crippen LogP) is 3.07. The Bertz CT molecular complexity index is 339. The first-order chi connectivity index (χ1) is 7.97. The van der Waals surface area contributed by atoms with Crippen LogP contribution in [0.3, 0.4) is 0 Å². The van der Waals surface area contributed by atoms with E-state index in [4.69, 9.17) is 4.74 Å².